The molecule has 25 heavy (non-hydrogen) atoms. The number of carbonyl (C=O) groups is 1. The standard InChI is InChI=1S/C18H18F2N4O/c1-9-5-6-12(7-10(9)2)13-8-14(16(19)20)24-17(22-13)15(11(3)23-24)18(25)21-4/h5-8,16H,1-4H3,(H,21,25). The highest BCUT2D eigenvalue weighted by Crippen LogP contribution is 2.28. The lowest BCUT2D eigenvalue weighted by Gasteiger charge is -2.09. The van der Waals surface area contributed by atoms with Gasteiger partial charge >= 0.3 is 0 Å². The Kier molecular flexibility index (Phi) is 4.24. The Morgan fingerprint density at radius 1 is 1.16 bits per heavy atom. The van der Waals surface area contributed by atoms with E-state index >= 15 is 0 Å². The van der Waals surface area contributed by atoms with Gasteiger partial charge in [0, 0.05) is 12.6 Å². The van der Waals surface area contributed by atoms with Gasteiger partial charge in [-0.2, -0.15) is 5.10 Å². The number of halogens is 2. The van der Waals surface area contributed by atoms with E-state index < -0.39 is 12.3 Å². The van der Waals surface area contributed by atoms with Gasteiger partial charge in [0.1, 0.15) is 11.3 Å². The van der Waals surface area contributed by atoms with E-state index in [-0.39, 0.29) is 16.9 Å². The van der Waals surface area contributed by atoms with Crippen molar-refractivity contribution in [1.29, 1.82) is 0 Å². The predicted octanol–water partition coefficient (Wildman–Crippen LogP) is 3.62. The van der Waals surface area contributed by atoms with Gasteiger partial charge in [-0.25, -0.2) is 18.3 Å². The molecule has 0 aliphatic carbocycles. The second-order valence-corrected chi connectivity index (χ2v) is 5.94. The summed E-state index contributed by atoms with van der Waals surface area (Å²) in [5, 5.41) is 6.59. The number of fused-ring (bicyclic) bond motifs is 1. The van der Waals surface area contributed by atoms with Crippen LogP contribution >= 0.6 is 0 Å². The third-order valence-corrected chi connectivity index (χ3v) is 4.27. The maximum atomic E-state index is 13.6. The number of amides is 1. The van der Waals surface area contributed by atoms with Crippen LogP contribution < -0.4 is 5.32 Å². The molecule has 3 aromatic rings. The number of nitrogens with one attached hydrogen (secondary N) is 1. The summed E-state index contributed by atoms with van der Waals surface area (Å²) in [4.78, 5) is 16.6. The van der Waals surface area contributed by atoms with Crippen LogP contribution in [0.25, 0.3) is 16.9 Å². The summed E-state index contributed by atoms with van der Waals surface area (Å²) in [6, 6.07) is 6.97. The molecular formula is C18H18F2N4O. The third-order valence-electron chi connectivity index (χ3n) is 4.27. The Morgan fingerprint density at radius 2 is 1.88 bits per heavy atom. The summed E-state index contributed by atoms with van der Waals surface area (Å²) in [6.45, 7) is 5.53. The van der Waals surface area contributed by atoms with E-state index in [1.54, 1.807) is 6.92 Å². The van der Waals surface area contributed by atoms with Crippen LogP contribution in [0.15, 0.2) is 24.3 Å². The van der Waals surface area contributed by atoms with Crippen LogP contribution in [-0.2, 0) is 0 Å². The fourth-order valence-corrected chi connectivity index (χ4v) is 2.74. The first-order valence-electron chi connectivity index (χ1n) is 7.81. The van der Waals surface area contributed by atoms with Gasteiger partial charge in [-0.15, -0.1) is 0 Å². The molecular weight excluding hydrogens is 326 g/mol. The van der Waals surface area contributed by atoms with Gasteiger partial charge in [0.15, 0.2) is 5.65 Å². The Bertz CT molecular complexity index is 979. The van der Waals surface area contributed by atoms with E-state index in [2.05, 4.69) is 15.4 Å². The molecule has 3 rings (SSSR count). The molecule has 130 valence electrons. The van der Waals surface area contributed by atoms with Crippen LogP contribution in [0.5, 0.6) is 0 Å². The first-order chi connectivity index (χ1) is 11.8. The minimum absolute atomic E-state index is 0.128. The quantitative estimate of drug-likeness (QED) is 0.789. The normalized spacial score (nSPS) is 11.3. The van der Waals surface area contributed by atoms with Gasteiger partial charge < -0.3 is 5.32 Å². The largest absolute Gasteiger partial charge is 0.355 e. The highest BCUT2D eigenvalue weighted by molar-refractivity contribution is 6.01. The van der Waals surface area contributed by atoms with Gasteiger partial charge in [-0.05, 0) is 44.0 Å². The van der Waals surface area contributed by atoms with Gasteiger partial charge in [-0.1, -0.05) is 12.1 Å². The zero-order chi connectivity index (χ0) is 18.3. The third kappa shape index (κ3) is 2.86. The first-order valence-corrected chi connectivity index (χ1v) is 7.81. The molecule has 1 aromatic carbocycles. The number of alkyl halides is 2. The average molecular weight is 344 g/mol. The van der Waals surface area contributed by atoms with Crippen LogP contribution in [0.1, 0.15) is 39.3 Å². The SMILES string of the molecule is CNC(=O)c1c(C)nn2c(C(F)F)cc(-c3ccc(C)c(C)c3)nc12. The molecule has 2 heterocycles. The van der Waals surface area contributed by atoms with E-state index in [4.69, 9.17) is 0 Å². The zero-order valence-electron chi connectivity index (χ0n) is 14.4. The maximum Gasteiger partial charge on any atom is 0.280 e. The van der Waals surface area contributed by atoms with E-state index in [1.165, 1.54) is 13.1 Å². The lowest BCUT2D eigenvalue weighted by molar-refractivity contribution is 0.0963. The second kappa shape index (κ2) is 6.23. The summed E-state index contributed by atoms with van der Waals surface area (Å²) in [7, 11) is 1.48. The molecule has 0 aliphatic rings. The molecule has 0 bridgehead atoms. The van der Waals surface area contributed by atoms with Gasteiger partial charge in [-0.3, -0.25) is 4.79 Å². The lowest BCUT2D eigenvalue weighted by Crippen LogP contribution is -2.19. The number of carbonyl (C=O) groups excluding carboxylic acids is 1. The molecule has 0 fully saturated rings. The van der Waals surface area contributed by atoms with Crippen molar-refractivity contribution in [2.24, 2.45) is 0 Å². The summed E-state index contributed by atoms with van der Waals surface area (Å²) >= 11 is 0. The van der Waals surface area contributed by atoms with Crippen molar-refractivity contribution in [3.05, 3.63) is 52.3 Å². The molecule has 0 atom stereocenters. The number of rotatable bonds is 3. The molecule has 5 nitrogen and oxygen atoms in total. The minimum Gasteiger partial charge on any atom is -0.355 e. The Morgan fingerprint density at radius 3 is 2.48 bits per heavy atom. The van der Waals surface area contributed by atoms with Crippen molar-refractivity contribution in [2.45, 2.75) is 27.2 Å². The smallest absolute Gasteiger partial charge is 0.280 e. The Hall–Kier alpha value is -2.83. The van der Waals surface area contributed by atoms with Crippen molar-refractivity contribution in [3.8, 4) is 11.3 Å². The fourth-order valence-electron chi connectivity index (χ4n) is 2.74. The highest BCUT2D eigenvalue weighted by atomic mass is 19.3. The molecule has 0 radical (unpaired) electrons. The van der Waals surface area contributed by atoms with Crippen LogP contribution in [-0.4, -0.2) is 27.6 Å². The zero-order valence-corrected chi connectivity index (χ0v) is 14.4. The molecule has 0 saturated heterocycles. The molecule has 1 amide bonds. The Labute approximate surface area is 143 Å². The number of aryl methyl sites for hydroxylation is 3. The molecule has 0 unspecified atom stereocenters. The molecule has 7 heteroatoms. The minimum atomic E-state index is -2.74. The predicted molar refractivity (Wildman–Crippen MR) is 91.0 cm³/mol. The molecule has 2 aromatic heterocycles. The second-order valence-electron chi connectivity index (χ2n) is 5.94. The van der Waals surface area contributed by atoms with Crippen LogP contribution in [0, 0.1) is 20.8 Å². The van der Waals surface area contributed by atoms with Crippen molar-refractivity contribution < 1.29 is 13.6 Å². The van der Waals surface area contributed by atoms with Gasteiger partial charge in [0.05, 0.1) is 11.4 Å². The van der Waals surface area contributed by atoms with Crippen LogP contribution in [0.3, 0.4) is 0 Å². The summed E-state index contributed by atoms with van der Waals surface area (Å²) < 4.78 is 28.2. The average Bonchev–Trinajstić information content (AvgIpc) is 2.91. The number of aromatic nitrogens is 3. The van der Waals surface area contributed by atoms with Gasteiger partial charge in [0.25, 0.3) is 12.3 Å². The van der Waals surface area contributed by atoms with E-state index in [1.807, 2.05) is 32.0 Å². The van der Waals surface area contributed by atoms with Crippen molar-refractivity contribution in [2.75, 3.05) is 7.05 Å². The number of benzene rings is 1. The summed E-state index contributed by atoms with van der Waals surface area (Å²) in [5.41, 5.74) is 3.63. The number of nitrogens with zero attached hydrogens (tertiary/aromatic N) is 3. The summed E-state index contributed by atoms with van der Waals surface area (Å²) in [5.74, 6) is -0.405. The first kappa shape index (κ1) is 17.0. The van der Waals surface area contributed by atoms with E-state index in [0.29, 0.717) is 17.0 Å². The lowest BCUT2D eigenvalue weighted by atomic mass is 10.0. The monoisotopic (exact) mass is 344 g/mol. The van der Waals surface area contributed by atoms with E-state index in [9.17, 15) is 13.6 Å². The van der Waals surface area contributed by atoms with Crippen molar-refractivity contribution in [1.82, 2.24) is 19.9 Å². The van der Waals surface area contributed by atoms with Crippen molar-refractivity contribution >= 4 is 11.6 Å². The fraction of sp³-hybridized carbons (Fsp3) is 0.278. The van der Waals surface area contributed by atoms with Gasteiger partial charge in [0.2, 0.25) is 0 Å². The Balaban J connectivity index is 2.33. The topological polar surface area (TPSA) is 59.3 Å². The maximum absolute atomic E-state index is 13.6. The molecule has 1 N–H and O–H groups in total. The molecule has 0 aliphatic heterocycles. The molecule has 0 spiro atoms. The summed E-state index contributed by atoms with van der Waals surface area (Å²) in [6.07, 6.45) is -2.74. The van der Waals surface area contributed by atoms with Crippen LogP contribution in [0.4, 0.5) is 8.78 Å². The van der Waals surface area contributed by atoms with Crippen molar-refractivity contribution in [3.63, 3.8) is 0 Å². The highest BCUT2D eigenvalue weighted by Gasteiger charge is 2.23. The number of hydrogen-bond acceptors (Lipinski definition) is 3. The van der Waals surface area contributed by atoms with E-state index in [0.717, 1.165) is 15.6 Å². The van der Waals surface area contributed by atoms with Crippen LogP contribution in [0.2, 0.25) is 0 Å². The molecule has 0 saturated carbocycles. The number of hydrogen-bond donors (Lipinski definition) is 1.